The van der Waals surface area contributed by atoms with E-state index in [-0.39, 0.29) is 38.5 Å². The molecule has 0 aromatic heterocycles. The minimum absolute atomic E-state index is 0.0429. The maximum Gasteiger partial charge on any atom is 0.472 e. The van der Waals surface area contributed by atoms with Crippen molar-refractivity contribution in [3.63, 3.8) is 0 Å². The minimum Gasteiger partial charge on any atom is -0.462 e. The van der Waals surface area contributed by atoms with E-state index >= 15 is 0 Å². The predicted octanol–water partition coefficient (Wildman–Crippen LogP) is 5.61. The zero-order valence-corrected chi connectivity index (χ0v) is 42.3. The topological polar surface area (TPSA) is 326 Å². The van der Waals surface area contributed by atoms with Crippen molar-refractivity contribution in [2.75, 3.05) is 13.2 Å². The summed E-state index contributed by atoms with van der Waals surface area (Å²) in [6.45, 7) is 2.52. The Bertz CT molecular complexity index is 1590. The molecule has 2 unspecified atom stereocenters. The highest BCUT2D eigenvalue weighted by molar-refractivity contribution is 7.47. The quantitative estimate of drug-likeness (QED) is 0.0243. The first-order chi connectivity index (χ1) is 32.8. The number of aliphatic hydroxyl groups is 7. The Morgan fingerprint density at radius 1 is 0.841 bits per heavy atom. The van der Waals surface area contributed by atoms with Crippen LogP contribution in [0.2, 0.25) is 0 Å². The van der Waals surface area contributed by atoms with E-state index in [0.717, 1.165) is 76.4 Å². The number of hydrogen-bond donors (Lipinski definition) is 10. The summed E-state index contributed by atoms with van der Waals surface area (Å²) >= 11 is 0. The molecule has 0 aromatic carbocycles. The Labute approximate surface area is 407 Å². The third-order valence-electron chi connectivity index (χ3n) is 12.0. The van der Waals surface area contributed by atoms with Crippen LogP contribution in [0.3, 0.4) is 0 Å². The SMILES string of the molecule is CCCCCC/C=C\CCCCCCCCCC(=O)O[C@@H]1COC(=O)CCCC=CC[C@@H]2[C@@H](O)[C@H](O)[C@@H](O)[C@H](OP(=O)(O)OC1)[C@H](OP(=O)(O)O)[C@H](O)[C@@H](/C=C/[C@@H](O)CCCCC)OC(O)C[C@@H]2O. The average molecular weight is 1030 g/mol. The molecule has 1 fully saturated rings. The van der Waals surface area contributed by atoms with Gasteiger partial charge in [0, 0.05) is 25.2 Å². The number of phosphoric ester groups is 2. The van der Waals surface area contributed by atoms with Gasteiger partial charge in [-0.25, -0.2) is 9.13 Å². The van der Waals surface area contributed by atoms with Crippen LogP contribution in [0.5, 0.6) is 0 Å². The van der Waals surface area contributed by atoms with E-state index in [1.54, 1.807) is 6.08 Å². The molecule has 2 rings (SSSR count). The van der Waals surface area contributed by atoms with Crippen LogP contribution < -0.4 is 0 Å². The Balaban J connectivity index is 2.36. The maximum absolute atomic E-state index is 13.8. The van der Waals surface area contributed by atoms with Crippen LogP contribution >= 0.6 is 15.6 Å². The molecular formula is C47H84O20P2. The van der Waals surface area contributed by atoms with Gasteiger partial charge in [0.2, 0.25) is 0 Å². The fourth-order valence-electron chi connectivity index (χ4n) is 8.00. The smallest absolute Gasteiger partial charge is 0.462 e. The van der Waals surface area contributed by atoms with Gasteiger partial charge in [0.15, 0.2) is 12.4 Å². The van der Waals surface area contributed by atoms with E-state index in [0.29, 0.717) is 12.8 Å². The molecular weight excluding hydrogens is 946 g/mol. The summed E-state index contributed by atoms with van der Waals surface area (Å²) in [5.74, 6) is -2.89. The number of carbonyl (C=O) groups excluding carboxylic acids is 2. The van der Waals surface area contributed by atoms with Crippen molar-refractivity contribution in [3.05, 3.63) is 36.5 Å². The third kappa shape index (κ3) is 27.6. The van der Waals surface area contributed by atoms with Crippen molar-refractivity contribution in [2.24, 2.45) is 5.92 Å². The lowest BCUT2D eigenvalue weighted by atomic mass is 9.83. The lowest BCUT2D eigenvalue weighted by Crippen LogP contribution is -2.58. The monoisotopic (exact) mass is 1030 g/mol. The molecule has 2 aliphatic rings. The van der Waals surface area contributed by atoms with Gasteiger partial charge in [-0.3, -0.25) is 23.2 Å². The molecule has 2 bridgehead atoms. The van der Waals surface area contributed by atoms with Crippen LogP contribution in [0.25, 0.3) is 0 Å². The van der Waals surface area contributed by atoms with Crippen LogP contribution in [0.4, 0.5) is 0 Å². The number of rotatable bonds is 24. The van der Waals surface area contributed by atoms with Gasteiger partial charge < -0.3 is 64.6 Å². The second-order valence-corrected chi connectivity index (χ2v) is 20.7. The average Bonchev–Trinajstić information content (AvgIpc) is 3.29. The first kappa shape index (κ1) is 63.2. The lowest BCUT2D eigenvalue weighted by Gasteiger charge is -2.41. The van der Waals surface area contributed by atoms with Crippen LogP contribution in [-0.2, 0) is 46.5 Å². The summed E-state index contributed by atoms with van der Waals surface area (Å²) in [5, 5.41) is 79.1. The van der Waals surface area contributed by atoms with E-state index < -0.39 is 120 Å². The summed E-state index contributed by atoms with van der Waals surface area (Å²) in [4.78, 5) is 56.8. The van der Waals surface area contributed by atoms with Crippen LogP contribution in [0, 0.1) is 5.92 Å². The molecule has 0 spiro atoms. The van der Waals surface area contributed by atoms with Gasteiger partial charge in [-0.2, -0.15) is 0 Å². The van der Waals surface area contributed by atoms with Crippen molar-refractivity contribution in [1.82, 2.24) is 0 Å². The summed E-state index contributed by atoms with van der Waals surface area (Å²) in [6.07, 6.45) is 1.61. The molecule has 0 amide bonds. The standard InChI is InChI=1S/C47H84O20P2/c1-3-5-7-8-9-10-11-12-13-14-15-16-17-18-24-28-40(51)64-35-32-62-39(50)27-23-20-19-22-26-36-37(49)31-41(52)65-38(30-29-34(48)25-21-6-4-2)43(54)46(66-68(57,58)59)47(45(56)44(55)42(36)53)67-69(60,61)63-33-35/h10-11,19,22,29-30,34-38,41-49,52-56H,3-9,12-18,20-21,23-28,31-33H2,1-2H3,(H,60,61)(H2,57,58,59)/b11-10-,22-19?,30-29+/t34-,35+,36-,37-,38+,41?,42+,43+,44-,45+,46+,47-/m0/s1. The number of allylic oxidation sites excluding steroid dienone is 4. The Kier molecular flexibility index (Phi) is 32.3. The van der Waals surface area contributed by atoms with Gasteiger partial charge in [-0.1, -0.05) is 121 Å². The normalized spacial score (nSPS) is 31.4. The van der Waals surface area contributed by atoms with Gasteiger partial charge in [-0.15, -0.1) is 0 Å². The highest BCUT2D eigenvalue weighted by Gasteiger charge is 2.50. The molecule has 10 N–H and O–H groups in total. The third-order valence-corrected chi connectivity index (χ3v) is 13.5. The molecule has 22 heteroatoms. The van der Waals surface area contributed by atoms with Gasteiger partial charge in [0.05, 0.1) is 24.9 Å². The number of aliphatic hydroxyl groups excluding tert-OH is 7. The van der Waals surface area contributed by atoms with Crippen molar-refractivity contribution in [3.8, 4) is 0 Å². The van der Waals surface area contributed by atoms with Crippen LogP contribution in [0.1, 0.15) is 162 Å². The Morgan fingerprint density at radius 2 is 1.46 bits per heavy atom. The fraction of sp³-hybridized carbons (Fsp3) is 0.830. The second-order valence-electron chi connectivity index (χ2n) is 18.1. The number of ether oxygens (including phenoxy) is 3. The molecule has 0 aromatic rings. The number of carbonyl (C=O) groups is 2. The number of cyclic esters (lactones) is 1. The molecule has 0 aliphatic carbocycles. The van der Waals surface area contributed by atoms with E-state index in [9.17, 15) is 69.1 Å². The van der Waals surface area contributed by atoms with E-state index in [1.807, 2.05) is 6.92 Å². The van der Waals surface area contributed by atoms with Crippen molar-refractivity contribution < 1.29 is 96.9 Å². The number of phosphoric acid groups is 2. The number of hydrogen-bond acceptors (Lipinski definition) is 17. The molecule has 0 saturated carbocycles. The zero-order chi connectivity index (χ0) is 51.2. The van der Waals surface area contributed by atoms with Gasteiger partial charge in [0.1, 0.15) is 43.2 Å². The lowest BCUT2D eigenvalue weighted by molar-refractivity contribution is -0.210. The van der Waals surface area contributed by atoms with Gasteiger partial charge >= 0.3 is 27.6 Å². The van der Waals surface area contributed by atoms with E-state index in [4.69, 9.17) is 27.8 Å². The van der Waals surface area contributed by atoms with E-state index in [2.05, 4.69) is 19.1 Å². The van der Waals surface area contributed by atoms with Crippen LogP contribution in [0.15, 0.2) is 36.5 Å². The molecule has 0 radical (unpaired) electrons. The second kappa shape index (κ2) is 35.3. The summed E-state index contributed by atoms with van der Waals surface area (Å²) in [7, 11) is -11.5. The first-order valence-corrected chi connectivity index (χ1v) is 28.0. The van der Waals surface area contributed by atoms with Gasteiger partial charge in [0.25, 0.3) is 0 Å². The summed E-state index contributed by atoms with van der Waals surface area (Å²) in [6, 6.07) is 0. The summed E-state index contributed by atoms with van der Waals surface area (Å²) < 4.78 is 57.8. The Morgan fingerprint density at radius 3 is 2.12 bits per heavy atom. The molecule has 13 atom stereocenters. The summed E-state index contributed by atoms with van der Waals surface area (Å²) in [5.41, 5.74) is 0. The number of fused-ring (bicyclic) bond motifs is 4. The van der Waals surface area contributed by atoms with E-state index in [1.165, 1.54) is 31.8 Å². The highest BCUT2D eigenvalue weighted by atomic mass is 31.2. The zero-order valence-electron chi connectivity index (χ0n) is 40.5. The molecule has 69 heavy (non-hydrogen) atoms. The molecule has 1 saturated heterocycles. The first-order valence-electron chi connectivity index (χ1n) is 24.9. The number of unbranched alkanes of at least 4 members (excludes halogenated alkanes) is 13. The highest BCUT2D eigenvalue weighted by Crippen LogP contribution is 2.49. The molecule has 402 valence electrons. The van der Waals surface area contributed by atoms with Crippen molar-refractivity contribution in [2.45, 2.75) is 229 Å². The molecule has 2 heterocycles. The van der Waals surface area contributed by atoms with Gasteiger partial charge in [-0.05, 0) is 57.8 Å². The van der Waals surface area contributed by atoms with Crippen LogP contribution in [-0.4, -0.2) is 143 Å². The number of esters is 2. The Hall–Kier alpha value is -1.94. The van der Waals surface area contributed by atoms with Crippen molar-refractivity contribution >= 4 is 27.6 Å². The fourth-order valence-corrected chi connectivity index (χ4v) is 9.53. The molecule has 2 aliphatic heterocycles. The molecule has 20 nitrogen and oxygen atoms in total. The largest absolute Gasteiger partial charge is 0.472 e. The van der Waals surface area contributed by atoms with Crippen molar-refractivity contribution in [1.29, 1.82) is 0 Å². The minimum atomic E-state index is -5.80. The maximum atomic E-state index is 13.8. The predicted molar refractivity (Wildman–Crippen MR) is 254 cm³/mol.